The van der Waals surface area contributed by atoms with Crippen LogP contribution < -0.4 is 15.4 Å². The Balaban J connectivity index is 1.60. The van der Waals surface area contributed by atoms with E-state index < -0.39 is 0 Å². The van der Waals surface area contributed by atoms with E-state index in [1.807, 2.05) is 36.4 Å². The SMILES string of the molecule is CCc1ccccc1Nc1nncc(NCCc2cccc(OC)c2)n1. The quantitative estimate of drug-likeness (QED) is 0.644. The number of aromatic nitrogens is 3. The zero-order chi connectivity index (χ0) is 18.2. The summed E-state index contributed by atoms with van der Waals surface area (Å²) < 4.78 is 5.25. The molecule has 2 N–H and O–H groups in total. The van der Waals surface area contributed by atoms with E-state index in [9.17, 15) is 0 Å². The first-order valence-electron chi connectivity index (χ1n) is 8.70. The van der Waals surface area contributed by atoms with Crippen molar-refractivity contribution in [3.05, 3.63) is 65.9 Å². The molecule has 0 aliphatic rings. The van der Waals surface area contributed by atoms with Crippen LogP contribution in [0.15, 0.2) is 54.7 Å². The third kappa shape index (κ3) is 4.69. The smallest absolute Gasteiger partial charge is 0.249 e. The van der Waals surface area contributed by atoms with Gasteiger partial charge in [-0.25, -0.2) is 0 Å². The molecule has 0 unspecified atom stereocenters. The first-order chi connectivity index (χ1) is 12.8. The number of nitrogens with zero attached hydrogens (tertiary/aromatic N) is 3. The summed E-state index contributed by atoms with van der Waals surface area (Å²) in [6, 6.07) is 16.2. The summed E-state index contributed by atoms with van der Waals surface area (Å²) in [5.74, 6) is 2.05. The van der Waals surface area contributed by atoms with Crippen LogP contribution in [0.1, 0.15) is 18.1 Å². The van der Waals surface area contributed by atoms with Crippen LogP contribution in [0.3, 0.4) is 0 Å². The number of methoxy groups -OCH3 is 1. The molecule has 1 heterocycles. The molecule has 0 atom stereocenters. The normalized spacial score (nSPS) is 10.4. The third-order valence-corrected chi connectivity index (χ3v) is 4.06. The summed E-state index contributed by atoms with van der Waals surface area (Å²) >= 11 is 0. The molecule has 0 aliphatic heterocycles. The second-order valence-corrected chi connectivity index (χ2v) is 5.83. The van der Waals surface area contributed by atoms with Gasteiger partial charge in [-0.1, -0.05) is 37.3 Å². The van der Waals surface area contributed by atoms with Crippen LogP contribution in [0.5, 0.6) is 5.75 Å². The number of nitrogens with one attached hydrogen (secondary N) is 2. The summed E-state index contributed by atoms with van der Waals surface area (Å²) in [6.45, 7) is 2.87. The average molecular weight is 349 g/mol. The van der Waals surface area contributed by atoms with Crippen molar-refractivity contribution in [2.24, 2.45) is 0 Å². The van der Waals surface area contributed by atoms with E-state index in [-0.39, 0.29) is 0 Å². The van der Waals surface area contributed by atoms with Crippen LogP contribution in [0.25, 0.3) is 0 Å². The fraction of sp³-hybridized carbons (Fsp3) is 0.250. The van der Waals surface area contributed by atoms with Gasteiger partial charge in [-0.05, 0) is 42.2 Å². The average Bonchev–Trinajstić information content (AvgIpc) is 2.69. The maximum Gasteiger partial charge on any atom is 0.249 e. The van der Waals surface area contributed by atoms with Gasteiger partial charge in [0.25, 0.3) is 0 Å². The Morgan fingerprint density at radius 1 is 1.08 bits per heavy atom. The fourth-order valence-electron chi connectivity index (χ4n) is 2.68. The number of benzene rings is 2. The van der Waals surface area contributed by atoms with Crippen molar-refractivity contribution >= 4 is 17.5 Å². The molecular formula is C20H23N5O. The van der Waals surface area contributed by atoms with E-state index in [0.717, 1.165) is 30.8 Å². The Kier molecular flexibility index (Phi) is 5.98. The molecular weight excluding hydrogens is 326 g/mol. The first-order valence-corrected chi connectivity index (χ1v) is 8.70. The fourth-order valence-corrected chi connectivity index (χ4v) is 2.68. The lowest BCUT2D eigenvalue weighted by Crippen LogP contribution is -2.09. The van der Waals surface area contributed by atoms with Gasteiger partial charge >= 0.3 is 0 Å². The highest BCUT2D eigenvalue weighted by Crippen LogP contribution is 2.19. The van der Waals surface area contributed by atoms with Crippen LogP contribution in [0.4, 0.5) is 17.5 Å². The number of rotatable bonds is 8. The topological polar surface area (TPSA) is 72.0 Å². The van der Waals surface area contributed by atoms with Crippen molar-refractivity contribution in [1.82, 2.24) is 15.2 Å². The molecule has 6 nitrogen and oxygen atoms in total. The molecule has 0 radical (unpaired) electrons. The second-order valence-electron chi connectivity index (χ2n) is 5.83. The molecule has 1 aromatic heterocycles. The summed E-state index contributed by atoms with van der Waals surface area (Å²) in [5, 5.41) is 14.6. The predicted molar refractivity (Wildman–Crippen MR) is 104 cm³/mol. The van der Waals surface area contributed by atoms with Crippen LogP contribution in [0, 0.1) is 0 Å². The molecule has 134 valence electrons. The number of anilines is 3. The Morgan fingerprint density at radius 2 is 1.96 bits per heavy atom. The Bertz CT molecular complexity index is 853. The molecule has 26 heavy (non-hydrogen) atoms. The van der Waals surface area contributed by atoms with Gasteiger partial charge in [-0.2, -0.15) is 10.1 Å². The number of hydrogen-bond acceptors (Lipinski definition) is 6. The largest absolute Gasteiger partial charge is 0.497 e. The van der Waals surface area contributed by atoms with Crippen LogP contribution >= 0.6 is 0 Å². The van der Waals surface area contributed by atoms with Crippen molar-refractivity contribution in [1.29, 1.82) is 0 Å². The van der Waals surface area contributed by atoms with Crippen LogP contribution in [-0.4, -0.2) is 28.8 Å². The van der Waals surface area contributed by atoms with Crippen molar-refractivity contribution in [3.8, 4) is 5.75 Å². The van der Waals surface area contributed by atoms with Gasteiger partial charge in [-0.3, -0.25) is 0 Å². The lowest BCUT2D eigenvalue weighted by Gasteiger charge is -2.10. The van der Waals surface area contributed by atoms with Gasteiger partial charge in [0.1, 0.15) is 5.75 Å². The standard InChI is InChI=1S/C20H23N5O/c1-3-16-8-4-5-10-18(16)23-20-24-19(14-22-25-20)21-12-11-15-7-6-9-17(13-15)26-2/h4-10,13-14H,3,11-12H2,1-2H3,(H2,21,23,24,25). The summed E-state index contributed by atoms with van der Waals surface area (Å²) in [7, 11) is 1.68. The van der Waals surface area contributed by atoms with Crippen molar-refractivity contribution in [3.63, 3.8) is 0 Å². The first kappa shape index (κ1) is 17.7. The zero-order valence-corrected chi connectivity index (χ0v) is 15.1. The third-order valence-electron chi connectivity index (χ3n) is 4.06. The monoisotopic (exact) mass is 349 g/mol. The molecule has 3 rings (SSSR count). The van der Waals surface area contributed by atoms with Gasteiger partial charge in [0, 0.05) is 12.2 Å². The van der Waals surface area contributed by atoms with Gasteiger partial charge < -0.3 is 15.4 Å². The Hall–Kier alpha value is -3.15. The van der Waals surface area contributed by atoms with Gasteiger partial charge in [0.2, 0.25) is 5.95 Å². The van der Waals surface area contributed by atoms with E-state index in [0.29, 0.717) is 11.8 Å². The van der Waals surface area contributed by atoms with Crippen LogP contribution in [0.2, 0.25) is 0 Å². The molecule has 3 aromatic rings. The highest BCUT2D eigenvalue weighted by molar-refractivity contribution is 5.58. The lowest BCUT2D eigenvalue weighted by atomic mass is 10.1. The minimum Gasteiger partial charge on any atom is -0.497 e. The minimum absolute atomic E-state index is 0.484. The zero-order valence-electron chi connectivity index (χ0n) is 15.1. The van der Waals surface area contributed by atoms with Crippen molar-refractivity contribution < 1.29 is 4.74 Å². The number of ether oxygens (including phenoxy) is 1. The lowest BCUT2D eigenvalue weighted by molar-refractivity contribution is 0.414. The van der Waals surface area contributed by atoms with E-state index in [2.05, 4.69) is 44.9 Å². The highest BCUT2D eigenvalue weighted by Gasteiger charge is 2.04. The summed E-state index contributed by atoms with van der Waals surface area (Å²) in [6.07, 6.45) is 3.43. The van der Waals surface area contributed by atoms with Gasteiger partial charge in [0.05, 0.1) is 13.3 Å². The number of aryl methyl sites for hydroxylation is 1. The van der Waals surface area contributed by atoms with E-state index in [4.69, 9.17) is 4.74 Å². The maximum atomic E-state index is 5.25. The highest BCUT2D eigenvalue weighted by atomic mass is 16.5. The Labute approximate surface area is 153 Å². The van der Waals surface area contributed by atoms with Crippen molar-refractivity contribution in [2.45, 2.75) is 19.8 Å². The molecule has 0 spiro atoms. The van der Waals surface area contributed by atoms with E-state index in [1.54, 1.807) is 13.3 Å². The number of para-hydroxylation sites is 1. The van der Waals surface area contributed by atoms with Gasteiger partial charge in [-0.15, -0.1) is 5.10 Å². The van der Waals surface area contributed by atoms with Crippen molar-refractivity contribution in [2.75, 3.05) is 24.3 Å². The van der Waals surface area contributed by atoms with E-state index in [1.165, 1.54) is 11.1 Å². The molecule has 0 amide bonds. The maximum absolute atomic E-state index is 5.25. The predicted octanol–water partition coefficient (Wildman–Crippen LogP) is 3.84. The molecule has 0 fully saturated rings. The Morgan fingerprint density at radius 3 is 2.81 bits per heavy atom. The molecule has 0 saturated heterocycles. The van der Waals surface area contributed by atoms with Gasteiger partial charge in [0.15, 0.2) is 5.82 Å². The van der Waals surface area contributed by atoms with Crippen LogP contribution in [-0.2, 0) is 12.8 Å². The summed E-state index contributed by atoms with van der Waals surface area (Å²) in [4.78, 5) is 4.49. The molecule has 0 aliphatic carbocycles. The van der Waals surface area contributed by atoms with E-state index >= 15 is 0 Å². The second kappa shape index (κ2) is 8.80. The molecule has 6 heteroatoms. The molecule has 0 bridgehead atoms. The number of hydrogen-bond donors (Lipinski definition) is 2. The molecule has 2 aromatic carbocycles. The minimum atomic E-state index is 0.484. The molecule has 0 saturated carbocycles. The summed E-state index contributed by atoms with van der Waals surface area (Å²) in [5.41, 5.74) is 3.42.